The van der Waals surface area contributed by atoms with Gasteiger partial charge < -0.3 is 4.52 Å². The van der Waals surface area contributed by atoms with Gasteiger partial charge in [0.1, 0.15) is 6.54 Å². The second-order valence-corrected chi connectivity index (χ2v) is 4.00. The van der Waals surface area contributed by atoms with Gasteiger partial charge in [0.15, 0.2) is 5.82 Å². The second-order valence-electron chi connectivity index (χ2n) is 4.00. The van der Waals surface area contributed by atoms with Crippen LogP contribution in [0.4, 0.5) is 0 Å². The van der Waals surface area contributed by atoms with E-state index < -0.39 is 0 Å². The third-order valence-corrected chi connectivity index (χ3v) is 2.58. The molecule has 18 heavy (non-hydrogen) atoms. The van der Waals surface area contributed by atoms with Crippen molar-refractivity contribution < 1.29 is 4.52 Å². The SMILES string of the molecule is Cc1noc(Cn2ccc(-c3ccccc3)n2)n1. The van der Waals surface area contributed by atoms with E-state index in [9.17, 15) is 0 Å². The monoisotopic (exact) mass is 240 g/mol. The summed E-state index contributed by atoms with van der Waals surface area (Å²) in [5.74, 6) is 1.20. The zero-order valence-corrected chi connectivity index (χ0v) is 9.95. The second kappa shape index (κ2) is 4.44. The van der Waals surface area contributed by atoms with Gasteiger partial charge in [-0.1, -0.05) is 35.5 Å². The molecule has 0 spiro atoms. The molecule has 1 aromatic carbocycles. The molecule has 3 aromatic rings. The fraction of sp³-hybridized carbons (Fsp3) is 0.154. The van der Waals surface area contributed by atoms with Gasteiger partial charge in [-0.2, -0.15) is 10.1 Å². The van der Waals surface area contributed by atoms with E-state index in [1.165, 1.54) is 0 Å². The molecule has 0 amide bonds. The summed E-state index contributed by atoms with van der Waals surface area (Å²) >= 11 is 0. The van der Waals surface area contributed by atoms with Crippen molar-refractivity contribution in [2.45, 2.75) is 13.5 Å². The lowest BCUT2D eigenvalue weighted by Gasteiger charge is -1.96. The summed E-state index contributed by atoms with van der Waals surface area (Å²) in [6.07, 6.45) is 1.90. The van der Waals surface area contributed by atoms with Gasteiger partial charge in [-0.3, -0.25) is 4.68 Å². The average Bonchev–Trinajstić information content (AvgIpc) is 3.01. The van der Waals surface area contributed by atoms with Crippen LogP contribution in [-0.4, -0.2) is 19.9 Å². The van der Waals surface area contributed by atoms with E-state index in [0.29, 0.717) is 18.3 Å². The van der Waals surface area contributed by atoms with Crippen molar-refractivity contribution in [3.8, 4) is 11.3 Å². The molecule has 0 aliphatic carbocycles. The first-order valence-electron chi connectivity index (χ1n) is 5.69. The summed E-state index contributed by atoms with van der Waals surface area (Å²) in [5, 5.41) is 8.22. The molecule has 0 N–H and O–H groups in total. The molecule has 0 aliphatic heterocycles. The summed E-state index contributed by atoms with van der Waals surface area (Å²) in [4.78, 5) is 4.15. The highest BCUT2D eigenvalue weighted by Gasteiger charge is 2.06. The molecule has 0 fully saturated rings. The number of hydrogen-bond acceptors (Lipinski definition) is 4. The third kappa shape index (κ3) is 2.15. The van der Waals surface area contributed by atoms with Gasteiger partial charge in [-0.25, -0.2) is 0 Å². The highest BCUT2D eigenvalue weighted by molar-refractivity contribution is 5.57. The van der Waals surface area contributed by atoms with Crippen LogP contribution in [0.3, 0.4) is 0 Å². The highest BCUT2D eigenvalue weighted by Crippen LogP contribution is 2.16. The quantitative estimate of drug-likeness (QED) is 0.704. The molecule has 3 rings (SSSR count). The van der Waals surface area contributed by atoms with E-state index in [1.807, 2.05) is 42.6 Å². The van der Waals surface area contributed by atoms with E-state index in [4.69, 9.17) is 4.52 Å². The molecule has 0 unspecified atom stereocenters. The number of aryl methyl sites for hydroxylation is 1. The zero-order valence-electron chi connectivity index (χ0n) is 9.95. The van der Waals surface area contributed by atoms with Crippen molar-refractivity contribution in [3.05, 3.63) is 54.3 Å². The van der Waals surface area contributed by atoms with Crippen LogP contribution in [0.15, 0.2) is 47.1 Å². The van der Waals surface area contributed by atoms with Crippen molar-refractivity contribution >= 4 is 0 Å². The van der Waals surface area contributed by atoms with Gasteiger partial charge in [0.2, 0.25) is 5.89 Å². The van der Waals surface area contributed by atoms with Crippen LogP contribution in [0, 0.1) is 6.92 Å². The standard InChI is InChI=1S/C13H12N4O/c1-10-14-13(18-16-10)9-17-8-7-12(15-17)11-5-3-2-4-6-11/h2-8H,9H2,1H3. The van der Waals surface area contributed by atoms with Crippen molar-refractivity contribution in [3.63, 3.8) is 0 Å². The Kier molecular flexibility index (Phi) is 2.64. The van der Waals surface area contributed by atoms with Crippen LogP contribution in [0.5, 0.6) is 0 Å². The Morgan fingerprint density at radius 2 is 2.00 bits per heavy atom. The Labute approximate surface area is 104 Å². The Balaban J connectivity index is 1.82. The Bertz CT molecular complexity index is 642. The Hall–Kier alpha value is -2.43. The molecule has 90 valence electrons. The molecule has 0 atom stereocenters. The van der Waals surface area contributed by atoms with E-state index in [2.05, 4.69) is 15.2 Å². The molecule has 0 saturated heterocycles. The summed E-state index contributed by atoms with van der Waals surface area (Å²) in [6, 6.07) is 12.0. The summed E-state index contributed by atoms with van der Waals surface area (Å²) in [5.41, 5.74) is 2.03. The molecule has 5 nitrogen and oxygen atoms in total. The van der Waals surface area contributed by atoms with Crippen molar-refractivity contribution in [2.75, 3.05) is 0 Å². The fourth-order valence-corrected chi connectivity index (χ4v) is 1.76. The zero-order chi connectivity index (χ0) is 12.4. The molecule has 5 heteroatoms. The Morgan fingerprint density at radius 1 is 1.17 bits per heavy atom. The molecular weight excluding hydrogens is 228 g/mol. The maximum Gasteiger partial charge on any atom is 0.248 e. The summed E-state index contributed by atoms with van der Waals surface area (Å²) in [7, 11) is 0. The molecule has 0 aliphatic rings. The van der Waals surface area contributed by atoms with Crippen LogP contribution < -0.4 is 0 Å². The molecule has 2 heterocycles. The lowest BCUT2D eigenvalue weighted by molar-refractivity contribution is 0.363. The predicted molar refractivity (Wildman–Crippen MR) is 65.8 cm³/mol. The van der Waals surface area contributed by atoms with Gasteiger partial charge in [0, 0.05) is 11.8 Å². The van der Waals surface area contributed by atoms with Gasteiger partial charge in [-0.15, -0.1) is 0 Å². The number of rotatable bonds is 3. The molecule has 0 saturated carbocycles. The lowest BCUT2D eigenvalue weighted by atomic mass is 10.2. The van der Waals surface area contributed by atoms with Crippen LogP contribution in [0.2, 0.25) is 0 Å². The highest BCUT2D eigenvalue weighted by atomic mass is 16.5. The topological polar surface area (TPSA) is 56.7 Å². The predicted octanol–water partition coefficient (Wildman–Crippen LogP) is 2.29. The van der Waals surface area contributed by atoms with Crippen LogP contribution in [0.25, 0.3) is 11.3 Å². The van der Waals surface area contributed by atoms with E-state index in [0.717, 1.165) is 11.3 Å². The van der Waals surface area contributed by atoms with Crippen LogP contribution >= 0.6 is 0 Å². The molecule has 0 bridgehead atoms. The van der Waals surface area contributed by atoms with Gasteiger partial charge in [0.05, 0.1) is 5.69 Å². The minimum Gasteiger partial charge on any atom is -0.337 e. The van der Waals surface area contributed by atoms with Gasteiger partial charge >= 0.3 is 0 Å². The molecule has 2 aromatic heterocycles. The number of benzene rings is 1. The number of aromatic nitrogens is 4. The minimum absolute atomic E-state index is 0.494. The largest absolute Gasteiger partial charge is 0.337 e. The lowest BCUT2D eigenvalue weighted by Crippen LogP contribution is -2.00. The Morgan fingerprint density at radius 3 is 2.72 bits per heavy atom. The molecule has 0 radical (unpaired) electrons. The normalized spacial score (nSPS) is 10.7. The van der Waals surface area contributed by atoms with Gasteiger partial charge in [0.25, 0.3) is 0 Å². The first-order valence-corrected chi connectivity index (χ1v) is 5.69. The molecular formula is C13H12N4O. The van der Waals surface area contributed by atoms with E-state index in [-0.39, 0.29) is 0 Å². The van der Waals surface area contributed by atoms with Crippen LogP contribution in [-0.2, 0) is 6.54 Å². The van der Waals surface area contributed by atoms with Gasteiger partial charge in [-0.05, 0) is 13.0 Å². The smallest absolute Gasteiger partial charge is 0.248 e. The fourth-order valence-electron chi connectivity index (χ4n) is 1.76. The van der Waals surface area contributed by atoms with Crippen molar-refractivity contribution in [2.24, 2.45) is 0 Å². The van der Waals surface area contributed by atoms with Crippen molar-refractivity contribution in [1.29, 1.82) is 0 Å². The first kappa shape index (κ1) is 10.7. The third-order valence-electron chi connectivity index (χ3n) is 2.58. The summed E-state index contributed by atoms with van der Waals surface area (Å²) in [6.45, 7) is 2.29. The minimum atomic E-state index is 0.494. The maximum absolute atomic E-state index is 5.06. The van der Waals surface area contributed by atoms with E-state index >= 15 is 0 Å². The van der Waals surface area contributed by atoms with E-state index in [1.54, 1.807) is 11.6 Å². The number of hydrogen-bond donors (Lipinski definition) is 0. The van der Waals surface area contributed by atoms with Crippen molar-refractivity contribution in [1.82, 2.24) is 19.9 Å². The van der Waals surface area contributed by atoms with Crippen LogP contribution in [0.1, 0.15) is 11.7 Å². The average molecular weight is 240 g/mol. The summed E-state index contributed by atoms with van der Waals surface area (Å²) < 4.78 is 6.85. The number of nitrogens with zero attached hydrogens (tertiary/aromatic N) is 4. The maximum atomic E-state index is 5.06. The first-order chi connectivity index (χ1) is 8.81.